The summed E-state index contributed by atoms with van der Waals surface area (Å²) in [5.74, 6) is -0.251. The standard InChI is InChI=1S/C23H25F3N8O2/c1-35-22-21-20(13-2-3-18-19(8-13)33(7-5-24)31-29-18)16(26)10-34(21)30-23(28-22)27-17-4-6-32(9-15(17)25)14-11-36-12-14/h2-3,8,10,14-15,17H,4-7,9,11-12H2,1H3,(H,27,30)/t15-,17-/m0/s1. The quantitative estimate of drug-likeness (QED) is 0.412. The number of likely N-dealkylation sites (tertiary alicyclic amines) is 1. The highest BCUT2D eigenvalue weighted by Crippen LogP contribution is 2.35. The lowest BCUT2D eigenvalue weighted by Gasteiger charge is -2.42. The number of aryl methyl sites for hydroxylation is 1. The topological polar surface area (TPSA) is 94.6 Å². The normalized spacial score (nSPS) is 21.2. The maximum absolute atomic E-state index is 15.3. The molecule has 0 saturated carbocycles. The third kappa shape index (κ3) is 3.91. The molecule has 6 rings (SSSR count). The van der Waals surface area contributed by atoms with Gasteiger partial charge in [0.1, 0.15) is 23.9 Å². The average Bonchev–Trinajstić information content (AvgIpc) is 3.39. The molecule has 2 aliphatic heterocycles. The highest BCUT2D eigenvalue weighted by Gasteiger charge is 2.36. The number of nitrogens with one attached hydrogen (secondary N) is 1. The molecular formula is C23H25F3N8O2. The summed E-state index contributed by atoms with van der Waals surface area (Å²) in [6, 6.07) is 4.90. The molecule has 13 heteroatoms. The number of benzene rings is 1. The van der Waals surface area contributed by atoms with Crippen LogP contribution in [0.2, 0.25) is 0 Å². The fourth-order valence-electron chi connectivity index (χ4n) is 4.89. The van der Waals surface area contributed by atoms with Gasteiger partial charge in [-0.2, -0.15) is 4.98 Å². The Balaban J connectivity index is 1.32. The van der Waals surface area contributed by atoms with Crippen LogP contribution < -0.4 is 10.1 Å². The Labute approximate surface area is 204 Å². The third-order valence-electron chi connectivity index (χ3n) is 6.87. The van der Waals surface area contributed by atoms with Gasteiger partial charge in [-0.1, -0.05) is 11.3 Å². The molecule has 2 atom stereocenters. The predicted molar refractivity (Wildman–Crippen MR) is 125 cm³/mol. The molecule has 0 bridgehead atoms. The molecule has 5 heterocycles. The van der Waals surface area contributed by atoms with Gasteiger partial charge in [-0.15, -0.1) is 10.2 Å². The van der Waals surface area contributed by atoms with E-state index in [4.69, 9.17) is 9.47 Å². The summed E-state index contributed by atoms with van der Waals surface area (Å²) in [5, 5.41) is 15.4. The number of methoxy groups -OCH3 is 1. The van der Waals surface area contributed by atoms with Crippen molar-refractivity contribution in [2.75, 3.05) is 45.4 Å². The van der Waals surface area contributed by atoms with Gasteiger partial charge < -0.3 is 14.8 Å². The molecule has 190 valence electrons. The lowest BCUT2D eigenvalue weighted by atomic mass is 10.0. The van der Waals surface area contributed by atoms with Crippen LogP contribution in [0.5, 0.6) is 5.88 Å². The van der Waals surface area contributed by atoms with Crippen molar-refractivity contribution in [1.82, 2.24) is 34.5 Å². The summed E-state index contributed by atoms with van der Waals surface area (Å²) in [5.41, 5.74) is 2.22. The van der Waals surface area contributed by atoms with E-state index < -0.39 is 24.7 Å². The zero-order valence-electron chi connectivity index (χ0n) is 19.6. The number of hydrogen-bond donors (Lipinski definition) is 1. The Morgan fingerprint density at radius 1 is 1.28 bits per heavy atom. The second-order valence-corrected chi connectivity index (χ2v) is 9.04. The molecule has 0 radical (unpaired) electrons. The number of anilines is 1. The molecule has 0 spiro atoms. The van der Waals surface area contributed by atoms with Crippen molar-refractivity contribution < 1.29 is 22.6 Å². The van der Waals surface area contributed by atoms with E-state index in [2.05, 4.69) is 30.6 Å². The van der Waals surface area contributed by atoms with Gasteiger partial charge in [0, 0.05) is 13.1 Å². The first-order valence-corrected chi connectivity index (χ1v) is 11.8. The van der Waals surface area contributed by atoms with E-state index in [1.807, 2.05) is 0 Å². The third-order valence-corrected chi connectivity index (χ3v) is 6.87. The molecule has 1 N–H and O–H groups in total. The molecule has 2 aliphatic rings. The minimum absolute atomic E-state index is 0.0450. The van der Waals surface area contributed by atoms with E-state index in [9.17, 15) is 8.78 Å². The summed E-state index contributed by atoms with van der Waals surface area (Å²) in [4.78, 5) is 6.52. The van der Waals surface area contributed by atoms with Crippen LogP contribution in [0.15, 0.2) is 24.4 Å². The van der Waals surface area contributed by atoms with Crippen molar-refractivity contribution in [1.29, 1.82) is 0 Å². The van der Waals surface area contributed by atoms with E-state index in [1.54, 1.807) is 18.2 Å². The van der Waals surface area contributed by atoms with Crippen molar-refractivity contribution in [2.24, 2.45) is 0 Å². The summed E-state index contributed by atoms with van der Waals surface area (Å²) in [6.45, 7) is 1.78. The smallest absolute Gasteiger partial charge is 0.244 e. The van der Waals surface area contributed by atoms with Crippen LogP contribution in [0, 0.1) is 5.82 Å². The Morgan fingerprint density at radius 3 is 2.86 bits per heavy atom. The minimum Gasteiger partial charge on any atom is -0.479 e. The van der Waals surface area contributed by atoms with Gasteiger partial charge in [0.2, 0.25) is 11.8 Å². The van der Waals surface area contributed by atoms with Crippen LogP contribution in [0.4, 0.5) is 19.1 Å². The fourth-order valence-corrected chi connectivity index (χ4v) is 4.89. The van der Waals surface area contributed by atoms with E-state index >= 15 is 4.39 Å². The second-order valence-electron chi connectivity index (χ2n) is 9.04. The highest BCUT2D eigenvalue weighted by atomic mass is 19.1. The number of ether oxygens (including phenoxy) is 2. The number of halogens is 3. The van der Waals surface area contributed by atoms with Crippen LogP contribution in [-0.4, -0.2) is 92.8 Å². The summed E-state index contributed by atoms with van der Waals surface area (Å²) >= 11 is 0. The summed E-state index contributed by atoms with van der Waals surface area (Å²) in [7, 11) is 1.43. The van der Waals surface area contributed by atoms with Crippen LogP contribution in [-0.2, 0) is 11.3 Å². The van der Waals surface area contributed by atoms with Gasteiger partial charge in [0.25, 0.3) is 0 Å². The van der Waals surface area contributed by atoms with Crippen LogP contribution in [0.3, 0.4) is 0 Å². The largest absolute Gasteiger partial charge is 0.479 e. The van der Waals surface area contributed by atoms with E-state index in [0.717, 1.165) is 6.54 Å². The molecule has 4 aromatic rings. The molecule has 0 aliphatic carbocycles. The van der Waals surface area contributed by atoms with Crippen molar-refractivity contribution >= 4 is 22.5 Å². The number of aromatic nitrogens is 6. The van der Waals surface area contributed by atoms with Gasteiger partial charge in [0.15, 0.2) is 5.82 Å². The van der Waals surface area contributed by atoms with E-state index in [0.29, 0.717) is 48.3 Å². The summed E-state index contributed by atoms with van der Waals surface area (Å²) in [6.07, 6.45) is 0.692. The van der Waals surface area contributed by atoms with Gasteiger partial charge in [-0.25, -0.2) is 22.4 Å². The first kappa shape index (κ1) is 23.0. The van der Waals surface area contributed by atoms with E-state index in [-0.39, 0.29) is 30.0 Å². The molecule has 0 unspecified atom stereocenters. The van der Waals surface area contributed by atoms with Crippen molar-refractivity contribution in [2.45, 2.75) is 31.2 Å². The van der Waals surface area contributed by atoms with Crippen molar-refractivity contribution in [3.63, 3.8) is 0 Å². The lowest BCUT2D eigenvalue weighted by Crippen LogP contribution is -2.57. The average molecular weight is 503 g/mol. The Bertz CT molecular complexity index is 1410. The maximum Gasteiger partial charge on any atom is 0.244 e. The zero-order valence-corrected chi connectivity index (χ0v) is 19.6. The van der Waals surface area contributed by atoms with Gasteiger partial charge in [-0.3, -0.25) is 4.90 Å². The summed E-state index contributed by atoms with van der Waals surface area (Å²) < 4.78 is 56.6. The Kier molecular flexibility index (Phi) is 5.88. The predicted octanol–water partition coefficient (Wildman–Crippen LogP) is 2.48. The number of piperidine rings is 1. The zero-order chi connectivity index (χ0) is 24.8. The molecule has 0 amide bonds. The Hall–Kier alpha value is -3.45. The van der Waals surface area contributed by atoms with Gasteiger partial charge >= 0.3 is 0 Å². The van der Waals surface area contributed by atoms with Gasteiger partial charge in [-0.05, 0) is 24.1 Å². The van der Waals surface area contributed by atoms with E-state index in [1.165, 1.54) is 22.5 Å². The number of fused-ring (bicyclic) bond motifs is 2. The Morgan fingerprint density at radius 2 is 2.14 bits per heavy atom. The SMILES string of the molecule is COc1nc(N[C@H]2CCN(C3COC3)C[C@@H]2F)nn2cc(F)c(-c3ccc4nnn(CCF)c4c3)c12. The molecule has 3 aromatic heterocycles. The minimum atomic E-state index is -1.11. The first-order chi connectivity index (χ1) is 17.6. The monoisotopic (exact) mass is 502 g/mol. The van der Waals surface area contributed by atoms with Crippen molar-refractivity contribution in [3.05, 3.63) is 30.2 Å². The van der Waals surface area contributed by atoms with Crippen LogP contribution >= 0.6 is 0 Å². The number of hydrogen-bond acceptors (Lipinski definition) is 8. The molecule has 36 heavy (non-hydrogen) atoms. The number of alkyl halides is 2. The fraction of sp³-hybridized carbons (Fsp3) is 0.478. The number of rotatable bonds is 7. The lowest BCUT2D eigenvalue weighted by molar-refractivity contribution is -0.0794. The van der Waals surface area contributed by atoms with Crippen LogP contribution in [0.1, 0.15) is 6.42 Å². The highest BCUT2D eigenvalue weighted by molar-refractivity contribution is 5.89. The van der Waals surface area contributed by atoms with Crippen molar-refractivity contribution in [3.8, 4) is 17.0 Å². The second kappa shape index (κ2) is 9.21. The van der Waals surface area contributed by atoms with Gasteiger partial charge in [0.05, 0.1) is 56.2 Å². The molecule has 2 saturated heterocycles. The first-order valence-electron chi connectivity index (χ1n) is 11.8. The molecule has 1 aromatic carbocycles. The molecular weight excluding hydrogens is 477 g/mol. The maximum atomic E-state index is 15.3. The van der Waals surface area contributed by atoms with Crippen LogP contribution in [0.25, 0.3) is 27.7 Å². The number of nitrogens with zero attached hydrogens (tertiary/aromatic N) is 7. The molecule has 10 nitrogen and oxygen atoms in total. The molecule has 2 fully saturated rings.